The van der Waals surface area contributed by atoms with Gasteiger partial charge in [0.1, 0.15) is 11.9 Å². The second kappa shape index (κ2) is 3.68. The third kappa shape index (κ3) is 3.36. The monoisotopic (exact) mass is 184 g/mol. The molecule has 0 aromatic rings. The molecule has 1 aliphatic rings. The molecule has 1 amide bonds. The molecule has 1 radical (unpaired) electrons. The molecule has 1 heterocycles. The van der Waals surface area contributed by atoms with Gasteiger partial charge in [-0.2, -0.15) is 0 Å². The molecule has 0 aliphatic carbocycles. The number of hydrogen-bond donors (Lipinski definition) is 0. The van der Waals surface area contributed by atoms with Gasteiger partial charge in [-0.15, -0.1) is 0 Å². The molecule has 0 bridgehead atoms. The van der Waals surface area contributed by atoms with Crippen molar-refractivity contribution in [2.24, 2.45) is 0 Å². The molecule has 0 aromatic carbocycles. The van der Waals surface area contributed by atoms with E-state index in [1.54, 1.807) is 6.20 Å². The molecule has 4 nitrogen and oxygen atoms in total. The summed E-state index contributed by atoms with van der Waals surface area (Å²) in [6.45, 7) is 7.45. The quantitative estimate of drug-likeness (QED) is 0.577. The van der Waals surface area contributed by atoms with Crippen LogP contribution in [0.25, 0.3) is 0 Å². The third-order valence-electron chi connectivity index (χ3n) is 1.31. The van der Waals surface area contributed by atoms with E-state index in [4.69, 9.17) is 9.47 Å². The minimum Gasteiger partial charge on any atom is -0.491 e. The van der Waals surface area contributed by atoms with Crippen LogP contribution in [0.4, 0.5) is 4.79 Å². The van der Waals surface area contributed by atoms with Gasteiger partial charge in [-0.05, 0) is 20.8 Å². The summed E-state index contributed by atoms with van der Waals surface area (Å²) in [4.78, 5) is 12.8. The van der Waals surface area contributed by atoms with Gasteiger partial charge in [-0.1, -0.05) is 0 Å². The van der Waals surface area contributed by atoms with E-state index in [0.717, 1.165) is 0 Å². The first-order chi connectivity index (χ1) is 5.99. The summed E-state index contributed by atoms with van der Waals surface area (Å²) in [6, 6.07) is 0. The topological polar surface area (TPSA) is 38.8 Å². The van der Waals surface area contributed by atoms with Crippen LogP contribution in [-0.2, 0) is 9.47 Å². The van der Waals surface area contributed by atoms with Crippen LogP contribution in [0.3, 0.4) is 0 Å². The second-order valence-electron chi connectivity index (χ2n) is 3.72. The fraction of sp³-hybridized carbons (Fsp3) is 0.556. The van der Waals surface area contributed by atoms with E-state index in [1.165, 1.54) is 17.8 Å². The molecular weight excluding hydrogens is 170 g/mol. The normalized spacial score (nSPS) is 16.7. The highest BCUT2D eigenvalue weighted by Gasteiger charge is 2.21. The lowest BCUT2D eigenvalue weighted by Gasteiger charge is -2.26. The average Bonchev–Trinajstić information content (AvgIpc) is 2.03. The van der Waals surface area contributed by atoms with Crippen molar-refractivity contribution in [3.05, 3.63) is 19.1 Å². The predicted molar refractivity (Wildman–Crippen MR) is 47.5 cm³/mol. The minimum absolute atomic E-state index is 0.358. The predicted octanol–water partition coefficient (Wildman–Crippen LogP) is 1.89. The molecule has 13 heavy (non-hydrogen) atoms. The molecule has 73 valence electrons. The maximum absolute atomic E-state index is 11.4. The first-order valence-corrected chi connectivity index (χ1v) is 4.12. The first kappa shape index (κ1) is 9.89. The van der Waals surface area contributed by atoms with Crippen LogP contribution >= 0.6 is 0 Å². The molecule has 0 spiro atoms. The van der Waals surface area contributed by atoms with Gasteiger partial charge >= 0.3 is 6.09 Å². The molecule has 0 unspecified atom stereocenters. The molecule has 1 aliphatic heterocycles. The van der Waals surface area contributed by atoms with E-state index < -0.39 is 5.60 Å². The largest absolute Gasteiger partial charge is 0.491 e. The molecule has 1 rings (SSSR count). The molecule has 0 fully saturated rings. The standard InChI is InChI=1S/C9H14NO3/c1-9(2,3)13-8(11)10-4-6-12-7-5-10/h4,6-7H,5H2,1-3H3. The van der Waals surface area contributed by atoms with E-state index in [1.807, 2.05) is 20.8 Å². The van der Waals surface area contributed by atoms with E-state index >= 15 is 0 Å². The van der Waals surface area contributed by atoms with Gasteiger partial charge in [0.2, 0.25) is 0 Å². The third-order valence-corrected chi connectivity index (χ3v) is 1.31. The highest BCUT2D eigenvalue weighted by atomic mass is 16.6. The number of carbonyl (C=O) groups is 1. The van der Waals surface area contributed by atoms with Gasteiger partial charge in [0.15, 0.2) is 6.61 Å². The van der Waals surface area contributed by atoms with Crippen molar-refractivity contribution in [3.63, 3.8) is 0 Å². The lowest BCUT2D eigenvalue weighted by molar-refractivity contribution is 0.0304. The summed E-state index contributed by atoms with van der Waals surface area (Å²) < 4.78 is 9.96. The number of nitrogens with zero attached hydrogens (tertiary/aromatic N) is 1. The number of hydrogen-bond acceptors (Lipinski definition) is 3. The molecular formula is C9H14NO3. The van der Waals surface area contributed by atoms with E-state index in [2.05, 4.69) is 0 Å². The van der Waals surface area contributed by atoms with Crippen molar-refractivity contribution in [2.45, 2.75) is 26.4 Å². The van der Waals surface area contributed by atoms with Crippen molar-refractivity contribution >= 4 is 6.09 Å². The molecule has 4 heteroatoms. The minimum atomic E-state index is -0.455. The van der Waals surface area contributed by atoms with Crippen LogP contribution in [0.5, 0.6) is 0 Å². The van der Waals surface area contributed by atoms with Crippen LogP contribution in [0.1, 0.15) is 20.8 Å². The molecule has 0 saturated carbocycles. The molecule has 0 atom stereocenters. The van der Waals surface area contributed by atoms with Gasteiger partial charge in [0, 0.05) is 6.20 Å². The zero-order valence-electron chi connectivity index (χ0n) is 8.11. The fourth-order valence-corrected chi connectivity index (χ4v) is 0.804. The highest BCUT2D eigenvalue weighted by molar-refractivity contribution is 5.69. The molecule has 0 saturated heterocycles. The van der Waals surface area contributed by atoms with Gasteiger partial charge in [0.25, 0.3) is 0 Å². The number of carbonyl (C=O) groups excluding carboxylic acids is 1. The summed E-state index contributed by atoms with van der Waals surface area (Å²) >= 11 is 0. The first-order valence-electron chi connectivity index (χ1n) is 4.12. The van der Waals surface area contributed by atoms with E-state index in [0.29, 0.717) is 6.54 Å². The maximum Gasteiger partial charge on any atom is 0.414 e. The van der Waals surface area contributed by atoms with Crippen LogP contribution in [0, 0.1) is 6.61 Å². The zero-order chi connectivity index (χ0) is 9.90. The fourth-order valence-electron chi connectivity index (χ4n) is 0.804. The highest BCUT2D eigenvalue weighted by Crippen LogP contribution is 2.11. The number of amides is 1. The van der Waals surface area contributed by atoms with Crippen molar-refractivity contribution < 1.29 is 14.3 Å². The Morgan fingerprint density at radius 3 is 2.69 bits per heavy atom. The van der Waals surface area contributed by atoms with Crippen molar-refractivity contribution in [1.29, 1.82) is 0 Å². The molecule has 0 N–H and O–H groups in total. The van der Waals surface area contributed by atoms with Gasteiger partial charge in [-0.3, -0.25) is 4.90 Å². The Morgan fingerprint density at radius 1 is 1.54 bits per heavy atom. The van der Waals surface area contributed by atoms with Crippen LogP contribution in [-0.4, -0.2) is 23.1 Å². The van der Waals surface area contributed by atoms with Crippen LogP contribution < -0.4 is 0 Å². The Morgan fingerprint density at radius 2 is 2.23 bits per heavy atom. The Bertz CT molecular complexity index is 217. The summed E-state index contributed by atoms with van der Waals surface area (Å²) in [5.74, 6) is 0. The Kier molecular flexibility index (Phi) is 2.80. The smallest absolute Gasteiger partial charge is 0.414 e. The van der Waals surface area contributed by atoms with Gasteiger partial charge < -0.3 is 9.47 Å². The van der Waals surface area contributed by atoms with Crippen LogP contribution in [0.15, 0.2) is 12.5 Å². The van der Waals surface area contributed by atoms with Crippen LogP contribution in [0.2, 0.25) is 0 Å². The summed E-state index contributed by atoms with van der Waals surface area (Å²) in [7, 11) is 0. The lowest BCUT2D eigenvalue weighted by atomic mass is 10.2. The van der Waals surface area contributed by atoms with Gasteiger partial charge in [0.05, 0.1) is 6.54 Å². The lowest BCUT2D eigenvalue weighted by Crippen LogP contribution is -2.35. The second-order valence-corrected chi connectivity index (χ2v) is 3.72. The Balaban J connectivity index is 2.47. The van der Waals surface area contributed by atoms with Crippen molar-refractivity contribution in [1.82, 2.24) is 4.90 Å². The number of ether oxygens (including phenoxy) is 2. The van der Waals surface area contributed by atoms with Crippen molar-refractivity contribution in [3.8, 4) is 0 Å². The Hall–Kier alpha value is -1.19. The molecule has 0 aromatic heterocycles. The summed E-state index contributed by atoms with van der Waals surface area (Å²) in [6.07, 6.45) is 2.63. The zero-order valence-corrected chi connectivity index (χ0v) is 8.11. The summed E-state index contributed by atoms with van der Waals surface area (Å²) in [5.41, 5.74) is -0.455. The number of rotatable bonds is 0. The van der Waals surface area contributed by atoms with E-state index in [9.17, 15) is 4.79 Å². The average molecular weight is 184 g/mol. The summed E-state index contributed by atoms with van der Waals surface area (Å²) in [5, 5.41) is 0. The SMILES string of the molecule is CC(C)(C)OC(=O)N1C=CO[CH]C1. The van der Waals surface area contributed by atoms with Crippen molar-refractivity contribution in [2.75, 3.05) is 6.54 Å². The van der Waals surface area contributed by atoms with Gasteiger partial charge in [-0.25, -0.2) is 4.79 Å². The Labute approximate surface area is 78.1 Å². The van der Waals surface area contributed by atoms with E-state index in [-0.39, 0.29) is 6.09 Å². The maximum atomic E-state index is 11.4.